The van der Waals surface area contributed by atoms with Gasteiger partial charge in [-0.15, -0.1) is 0 Å². The number of carbonyl (C=O) groups is 1. The molecule has 110 valence electrons. The molecule has 2 rings (SSSR count). The van der Waals surface area contributed by atoms with Crippen LogP contribution < -0.4 is 0 Å². The molecule has 0 N–H and O–H groups in total. The van der Waals surface area contributed by atoms with Gasteiger partial charge in [-0.2, -0.15) is 0 Å². The van der Waals surface area contributed by atoms with Gasteiger partial charge < -0.3 is 0 Å². The predicted octanol–water partition coefficient (Wildman–Crippen LogP) is 5.53. The van der Waals surface area contributed by atoms with Crippen LogP contribution in [-0.2, 0) is 6.42 Å². The molecule has 0 unspecified atom stereocenters. The molecule has 0 radical (unpaired) electrons. The highest BCUT2D eigenvalue weighted by molar-refractivity contribution is 5.97. The molecule has 0 aliphatic heterocycles. The van der Waals surface area contributed by atoms with E-state index in [-0.39, 0.29) is 11.7 Å². The van der Waals surface area contributed by atoms with Gasteiger partial charge in [0, 0.05) is 11.5 Å². The summed E-state index contributed by atoms with van der Waals surface area (Å²) >= 11 is 0. The van der Waals surface area contributed by atoms with Crippen LogP contribution in [0.3, 0.4) is 0 Å². The Morgan fingerprint density at radius 1 is 0.905 bits per heavy atom. The maximum atomic E-state index is 11.9. The van der Waals surface area contributed by atoms with Crippen LogP contribution in [0.25, 0.3) is 11.1 Å². The van der Waals surface area contributed by atoms with E-state index in [4.69, 9.17) is 0 Å². The summed E-state index contributed by atoms with van der Waals surface area (Å²) in [4.78, 5) is 11.9. The van der Waals surface area contributed by atoms with Crippen molar-refractivity contribution in [2.24, 2.45) is 5.92 Å². The molecule has 0 heterocycles. The van der Waals surface area contributed by atoms with E-state index in [1.165, 1.54) is 24.0 Å². The fourth-order valence-corrected chi connectivity index (χ4v) is 2.41. The molecule has 1 heteroatoms. The highest BCUT2D eigenvalue weighted by atomic mass is 16.1. The van der Waals surface area contributed by atoms with Gasteiger partial charge >= 0.3 is 0 Å². The number of carbonyl (C=O) groups excluding carboxylic acids is 1. The standard InChI is InChI=1S/C20H24O/c1-4-5-6-16-7-9-17(10-8-16)18-11-13-19(14-12-18)20(21)15(2)3/h7-15H,4-6H2,1-3H3. The molecular weight excluding hydrogens is 256 g/mol. The fraction of sp³-hybridized carbons (Fsp3) is 0.350. The molecule has 0 saturated heterocycles. The minimum absolute atomic E-state index is 0.0497. The summed E-state index contributed by atoms with van der Waals surface area (Å²) in [7, 11) is 0. The molecule has 0 bridgehead atoms. The van der Waals surface area contributed by atoms with Crippen molar-refractivity contribution in [3.63, 3.8) is 0 Å². The molecule has 0 aliphatic rings. The number of rotatable bonds is 6. The molecule has 0 aliphatic carbocycles. The molecule has 21 heavy (non-hydrogen) atoms. The summed E-state index contributed by atoms with van der Waals surface area (Å²) in [6.07, 6.45) is 3.62. The molecule has 0 spiro atoms. The van der Waals surface area contributed by atoms with E-state index in [0.29, 0.717) is 0 Å². The monoisotopic (exact) mass is 280 g/mol. The molecule has 2 aromatic carbocycles. The molecular formula is C20H24O. The van der Waals surface area contributed by atoms with E-state index >= 15 is 0 Å². The zero-order valence-corrected chi connectivity index (χ0v) is 13.2. The molecule has 0 saturated carbocycles. The van der Waals surface area contributed by atoms with E-state index in [1.807, 2.05) is 38.1 Å². The van der Waals surface area contributed by atoms with Crippen LogP contribution in [-0.4, -0.2) is 5.78 Å². The summed E-state index contributed by atoms with van der Waals surface area (Å²) in [5.74, 6) is 0.255. The lowest BCUT2D eigenvalue weighted by atomic mass is 9.97. The van der Waals surface area contributed by atoms with Crippen molar-refractivity contribution in [3.05, 3.63) is 59.7 Å². The van der Waals surface area contributed by atoms with Gasteiger partial charge in [-0.3, -0.25) is 4.79 Å². The summed E-state index contributed by atoms with van der Waals surface area (Å²) in [6.45, 7) is 6.09. The zero-order valence-electron chi connectivity index (χ0n) is 13.2. The Balaban J connectivity index is 2.13. The Labute approximate surface area is 128 Å². The van der Waals surface area contributed by atoms with Crippen LogP contribution in [0.4, 0.5) is 0 Å². The maximum absolute atomic E-state index is 11.9. The molecule has 1 nitrogen and oxygen atoms in total. The third-order valence-corrected chi connectivity index (χ3v) is 3.80. The Morgan fingerprint density at radius 2 is 1.43 bits per heavy atom. The van der Waals surface area contributed by atoms with Crippen molar-refractivity contribution >= 4 is 5.78 Å². The van der Waals surface area contributed by atoms with Gasteiger partial charge in [0.05, 0.1) is 0 Å². The number of ketones is 1. The lowest BCUT2D eigenvalue weighted by Gasteiger charge is -2.07. The molecule has 0 fully saturated rings. The summed E-state index contributed by atoms with van der Waals surface area (Å²) in [5.41, 5.74) is 4.57. The number of hydrogen-bond donors (Lipinski definition) is 0. The first kappa shape index (κ1) is 15.5. The molecule has 2 aromatic rings. The number of hydrogen-bond acceptors (Lipinski definition) is 1. The Hall–Kier alpha value is -1.89. The van der Waals surface area contributed by atoms with Crippen molar-refractivity contribution in [2.75, 3.05) is 0 Å². The minimum Gasteiger partial charge on any atom is -0.294 e. The van der Waals surface area contributed by atoms with E-state index < -0.39 is 0 Å². The van der Waals surface area contributed by atoms with Crippen LogP contribution in [0.15, 0.2) is 48.5 Å². The number of benzene rings is 2. The Bertz CT molecular complexity index is 576. The lowest BCUT2D eigenvalue weighted by Crippen LogP contribution is -2.06. The van der Waals surface area contributed by atoms with Gasteiger partial charge in [0.1, 0.15) is 0 Å². The second-order valence-electron chi connectivity index (χ2n) is 5.90. The number of Topliss-reactive ketones (excluding diaryl/α,β-unsaturated/α-hetero) is 1. The van der Waals surface area contributed by atoms with Crippen LogP contribution in [0, 0.1) is 5.92 Å². The quantitative estimate of drug-likeness (QED) is 0.635. The smallest absolute Gasteiger partial charge is 0.165 e. The predicted molar refractivity (Wildman–Crippen MR) is 89.7 cm³/mol. The summed E-state index contributed by atoms with van der Waals surface area (Å²) < 4.78 is 0. The second-order valence-corrected chi connectivity index (χ2v) is 5.90. The number of aryl methyl sites for hydroxylation is 1. The average molecular weight is 280 g/mol. The highest BCUT2D eigenvalue weighted by Gasteiger charge is 2.10. The zero-order chi connectivity index (χ0) is 15.2. The first-order chi connectivity index (χ1) is 10.1. The van der Waals surface area contributed by atoms with Gasteiger partial charge in [-0.25, -0.2) is 0 Å². The van der Waals surface area contributed by atoms with Crippen molar-refractivity contribution < 1.29 is 4.79 Å². The van der Waals surface area contributed by atoms with E-state index in [1.54, 1.807) is 0 Å². The van der Waals surface area contributed by atoms with Gasteiger partial charge in [-0.1, -0.05) is 75.7 Å². The SMILES string of the molecule is CCCCc1ccc(-c2ccc(C(=O)C(C)C)cc2)cc1. The van der Waals surface area contributed by atoms with Gasteiger partial charge in [-0.05, 0) is 29.5 Å². The largest absolute Gasteiger partial charge is 0.294 e. The topological polar surface area (TPSA) is 17.1 Å². The first-order valence-electron chi connectivity index (χ1n) is 7.85. The Morgan fingerprint density at radius 3 is 1.90 bits per heavy atom. The maximum Gasteiger partial charge on any atom is 0.165 e. The van der Waals surface area contributed by atoms with Crippen LogP contribution in [0.2, 0.25) is 0 Å². The van der Waals surface area contributed by atoms with Crippen LogP contribution in [0.5, 0.6) is 0 Å². The Kier molecular flexibility index (Phi) is 5.32. The normalized spacial score (nSPS) is 10.9. The van der Waals surface area contributed by atoms with Gasteiger partial charge in [0.15, 0.2) is 5.78 Å². The fourth-order valence-electron chi connectivity index (χ4n) is 2.41. The third-order valence-electron chi connectivity index (χ3n) is 3.80. The van der Waals surface area contributed by atoms with E-state index in [0.717, 1.165) is 17.5 Å². The van der Waals surface area contributed by atoms with Crippen LogP contribution in [0.1, 0.15) is 49.5 Å². The molecule has 0 aromatic heterocycles. The molecule has 0 atom stereocenters. The lowest BCUT2D eigenvalue weighted by molar-refractivity contribution is 0.0939. The summed E-state index contributed by atoms with van der Waals surface area (Å²) in [6, 6.07) is 16.7. The third kappa shape index (κ3) is 4.04. The highest BCUT2D eigenvalue weighted by Crippen LogP contribution is 2.22. The van der Waals surface area contributed by atoms with E-state index in [2.05, 4.69) is 31.2 Å². The number of unbranched alkanes of at least 4 members (excludes halogenated alkanes) is 1. The van der Waals surface area contributed by atoms with Crippen molar-refractivity contribution in [1.29, 1.82) is 0 Å². The van der Waals surface area contributed by atoms with Crippen molar-refractivity contribution in [2.45, 2.75) is 40.0 Å². The average Bonchev–Trinajstić information content (AvgIpc) is 2.53. The van der Waals surface area contributed by atoms with Crippen molar-refractivity contribution in [3.8, 4) is 11.1 Å². The summed E-state index contributed by atoms with van der Waals surface area (Å²) in [5, 5.41) is 0. The first-order valence-corrected chi connectivity index (χ1v) is 7.85. The van der Waals surface area contributed by atoms with Gasteiger partial charge in [0.2, 0.25) is 0 Å². The second kappa shape index (κ2) is 7.21. The molecule has 0 amide bonds. The van der Waals surface area contributed by atoms with Crippen molar-refractivity contribution in [1.82, 2.24) is 0 Å². The van der Waals surface area contributed by atoms with E-state index in [9.17, 15) is 4.79 Å². The van der Waals surface area contributed by atoms with Gasteiger partial charge in [0.25, 0.3) is 0 Å². The van der Waals surface area contributed by atoms with Crippen LogP contribution >= 0.6 is 0 Å². The minimum atomic E-state index is 0.0497.